The van der Waals surface area contributed by atoms with Gasteiger partial charge in [-0.05, 0) is 47.0 Å². The molecule has 0 bridgehead atoms. The third-order valence-electron chi connectivity index (χ3n) is 4.41. The van der Waals surface area contributed by atoms with Crippen LogP contribution in [0.1, 0.15) is 11.1 Å². The van der Waals surface area contributed by atoms with Gasteiger partial charge in [0.15, 0.2) is 0 Å². The monoisotopic (exact) mass is 350 g/mol. The molecular formula is C20H19ClN4. The second kappa shape index (κ2) is 6.75. The lowest BCUT2D eigenvalue weighted by molar-refractivity contribution is 0.311. The van der Waals surface area contributed by atoms with Crippen LogP contribution in [0.15, 0.2) is 72.7 Å². The summed E-state index contributed by atoms with van der Waals surface area (Å²) in [6, 6.07) is 11.9. The second-order valence-electron chi connectivity index (χ2n) is 6.25. The summed E-state index contributed by atoms with van der Waals surface area (Å²) in [5.74, 6) is 0. The molecular weight excluding hydrogens is 332 g/mol. The third kappa shape index (κ3) is 3.45. The first-order valence-electron chi connectivity index (χ1n) is 8.25. The molecule has 126 valence electrons. The minimum atomic E-state index is -0.132. The van der Waals surface area contributed by atoms with Gasteiger partial charge in [0.05, 0.1) is 6.17 Å². The van der Waals surface area contributed by atoms with E-state index in [1.807, 2.05) is 36.5 Å². The van der Waals surface area contributed by atoms with E-state index in [1.165, 1.54) is 11.1 Å². The lowest BCUT2D eigenvalue weighted by Crippen LogP contribution is -2.38. The average molecular weight is 351 g/mol. The Morgan fingerprint density at radius 3 is 3.04 bits per heavy atom. The maximum atomic E-state index is 6.24. The van der Waals surface area contributed by atoms with Crippen molar-refractivity contribution in [2.24, 2.45) is 5.73 Å². The molecule has 0 fully saturated rings. The molecule has 1 unspecified atom stereocenters. The van der Waals surface area contributed by atoms with E-state index in [9.17, 15) is 0 Å². The topological polar surface area (TPSA) is 57.9 Å². The second-order valence-corrected chi connectivity index (χ2v) is 6.68. The Labute approximate surface area is 151 Å². The Bertz CT molecular complexity index is 957. The van der Waals surface area contributed by atoms with Crippen LogP contribution >= 0.6 is 11.6 Å². The van der Waals surface area contributed by atoms with E-state index < -0.39 is 0 Å². The van der Waals surface area contributed by atoms with Gasteiger partial charge in [-0.15, -0.1) is 0 Å². The molecule has 0 spiro atoms. The smallest absolute Gasteiger partial charge is 0.137 e. The number of halogens is 1. The molecule has 4 rings (SSSR count). The van der Waals surface area contributed by atoms with Crippen molar-refractivity contribution < 1.29 is 0 Å². The van der Waals surface area contributed by atoms with Crippen molar-refractivity contribution in [3.05, 3.63) is 88.9 Å². The number of fused-ring (bicyclic) bond motifs is 1. The van der Waals surface area contributed by atoms with Crippen LogP contribution in [0, 0.1) is 0 Å². The van der Waals surface area contributed by atoms with Crippen LogP contribution in [-0.2, 0) is 13.0 Å². The summed E-state index contributed by atoms with van der Waals surface area (Å²) in [6.07, 6.45) is 10.8. The Hall–Kier alpha value is -2.56. The van der Waals surface area contributed by atoms with Gasteiger partial charge >= 0.3 is 0 Å². The average Bonchev–Trinajstić information content (AvgIpc) is 3.01. The molecule has 0 amide bonds. The van der Waals surface area contributed by atoms with Crippen molar-refractivity contribution in [3.8, 4) is 0 Å². The molecule has 0 saturated carbocycles. The molecule has 3 N–H and O–H groups in total. The number of nitrogens with two attached hydrogens (primary N) is 1. The van der Waals surface area contributed by atoms with E-state index >= 15 is 0 Å². The zero-order chi connectivity index (χ0) is 17.2. The minimum absolute atomic E-state index is 0.132. The Morgan fingerprint density at radius 1 is 1.24 bits per heavy atom. The van der Waals surface area contributed by atoms with Gasteiger partial charge in [-0.1, -0.05) is 29.8 Å². The van der Waals surface area contributed by atoms with E-state index in [4.69, 9.17) is 17.3 Å². The van der Waals surface area contributed by atoms with Gasteiger partial charge < -0.3 is 15.6 Å². The SMILES string of the molecule is NC1C=CC(Cc2c[nH]c3ncccc23)=CN1Cc1cccc(Cl)c1. The molecule has 0 radical (unpaired) electrons. The van der Waals surface area contributed by atoms with Crippen LogP contribution in [-0.4, -0.2) is 21.0 Å². The van der Waals surface area contributed by atoms with Gasteiger partial charge in [0.2, 0.25) is 0 Å². The fraction of sp³-hybridized carbons (Fsp3) is 0.150. The van der Waals surface area contributed by atoms with Crippen molar-refractivity contribution in [2.75, 3.05) is 0 Å². The molecule has 1 aromatic carbocycles. The Balaban J connectivity index is 1.56. The summed E-state index contributed by atoms with van der Waals surface area (Å²) in [5.41, 5.74) is 10.8. The van der Waals surface area contributed by atoms with E-state index in [-0.39, 0.29) is 6.17 Å². The number of aromatic amines is 1. The molecule has 1 atom stereocenters. The van der Waals surface area contributed by atoms with Gasteiger partial charge in [-0.2, -0.15) is 0 Å². The van der Waals surface area contributed by atoms with Gasteiger partial charge in [-0.25, -0.2) is 4.98 Å². The quantitative estimate of drug-likeness (QED) is 0.747. The van der Waals surface area contributed by atoms with E-state index in [0.717, 1.165) is 34.6 Å². The fourth-order valence-corrected chi connectivity index (χ4v) is 3.37. The third-order valence-corrected chi connectivity index (χ3v) is 4.64. The molecule has 1 aliphatic heterocycles. The summed E-state index contributed by atoms with van der Waals surface area (Å²) in [6.45, 7) is 0.727. The van der Waals surface area contributed by atoms with Crippen molar-refractivity contribution >= 4 is 22.6 Å². The number of pyridine rings is 1. The number of hydrogen-bond acceptors (Lipinski definition) is 3. The van der Waals surface area contributed by atoms with Crippen molar-refractivity contribution in [1.29, 1.82) is 0 Å². The molecule has 5 heteroatoms. The molecule has 25 heavy (non-hydrogen) atoms. The van der Waals surface area contributed by atoms with Crippen LogP contribution in [0.2, 0.25) is 5.02 Å². The summed E-state index contributed by atoms with van der Waals surface area (Å²) >= 11 is 6.09. The van der Waals surface area contributed by atoms with E-state index in [2.05, 4.69) is 39.3 Å². The van der Waals surface area contributed by atoms with Crippen molar-refractivity contribution in [3.63, 3.8) is 0 Å². The highest BCUT2D eigenvalue weighted by atomic mass is 35.5. The number of nitrogens with one attached hydrogen (secondary N) is 1. The van der Waals surface area contributed by atoms with Crippen LogP contribution in [0.4, 0.5) is 0 Å². The van der Waals surface area contributed by atoms with Crippen molar-refractivity contribution in [1.82, 2.24) is 14.9 Å². The summed E-state index contributed by atoms with van der Waals surface area (Å²) in [5, 5.41) is 1.90. The zero-order valence-electron chi connectivity index (χ0n) is 13.7. The summed E-state index contributed by atoms with van der Waals surface area (Å²) in [7, 11) is 0. The number of benzene rings is 1. The molecule has 2 aromatic heterocycles. The first kappa shape index (κ1) is 15.9. The summed E-state index contributed by atoms with van der Waals surface area (Å²) in [4.78, 5) is 9.71. The van der Waals surface area contributed by atoms with E-state index in [0.29, 0.717) is 0 Å². The van der Waals surface area contributed by atoms with Gasteiger partial charge in [0.25, 0.3) is 0 Å². The number of H-pyrrole nitrogens is 1. The highest BCUT2D eigenvalue weighted by molar-refractivity contribution is 6.30. The van der Waals surface area contributed by atoms with Crippen LogP contribution in [0.25, 0.3) is 11.0 Å². The molecule has 1 aliphatic rings. The molecule has 3 aromatic rings. The van der Waals surface area contributed by atoms with Gasteiger partial charge in [0, 0.05) is 42.0 Å². The maximum absolute atomic E-state index is 6.24. The van der Waals surface area contributed by atoms with Crippen LogP contribution in [0.5, 0.6) is 0 Å². The van der Waals surface area contributed by atoms with Crippen LogP contribution in [0.3, 0.4) is 0 Å². The summed E-state index contributed by atoms with van der Waals surface area (Å²) < 4.78 is 0. The van der Waals surface area contributed by atoms with Gasteiger partial charge in [0.1, 0.15) is 5.65 Å². The molecule has 4 nitrogen and oxygen atoms in total. The molecule has 0 saturated heterocycles. The maximum Gasteiger partial charge on any atom is 0.137 e. The first-order valence-corrected chi connectivity index (χ1v) is 8.62. The predicted molar refractivity (Wildman–Crippen MR) is 102 cm³/mol. The Kier molecular flexibility index (Phi) is 4.30. The molecule has 0 aliphatic carbocycles. The van der Waals surface area contributed by atoms with E-state index in [1.54, 1.807) is 6.20 Å². The number of nitrogens with zero attached hydrogens (tertiary/aromatic N) is 2. The number of allylic oxidation sites excluding steroid dienone is 2. The lowest BCUT2D eigenvalue weighted by Gasteiger charge is -2.29. The normalized spacial score (nSPS) is 17.1. The first-order chi connectivity index (χ1) is 12.2. The number of rotatable bonds is 4. The number of hydrogen-bond donors (Lipinski definition) is 2. The highest BCUT2D eigenvalue weighted by Crippen LogP contribution is 2.23. The largest absolute Gasteiger partial charge is 0.354 e. The Morgan fingerprint density at radius 2 is 2.16 bits per heavy atom. The van der Waals surface area contributed by atoms with Crippen molar-refractivity contribution in [2.45, 2.75) is 19.1 Å². The highest BCUT2D eigenvalue weighted by Gasteiger charge is 2.15. The van der Waals surface area contributed by atoms with Gasteiger partial charge in [-0.3, -0.25) is 0 Å². The predicted octanol–water partition coefficient (Wildman–Crippen LogP) is 4.00. The van der Waals surface area contributed by atoms with Crippen LogP contribution < -0.4 is 5.73 Å². The standard InChI is InChI=1S/C20H19ClN4/c21-17-4-1-3-14(10-17)12-25-13-15(6-7-19(25)22)9-16-11-24-20-18(16)5-2-8-23-20/h1-8,10-11,13,19H,9,12,22H2,(H,23,24). The lowest BCUT2D eigenvalue weighted by atomic mass is 10.0. The minimum Gasteiger partial charge on any atom is -0.354 e. The fourth-order valence-electron chi connectivity index (χ4n) is 3.16. The molecule has 3 heterocycles. The zero-order valence-corrected chi connectivity index (χ0v) is 14.4. The number of aromatic nitrogens is 2.